The van der Waals surface area contributed by atoms with Gasteiger partial charge >= 0.3 is 0 Å². The van der Waals surface area contributed by atoms with Crippen LogP contribution in [0.4, 0.5) is 0 Å². The summed E-state index contributed by atoms with van der Waals surface area (Å²) in [6.45, 7) is 5.72. The summed E-state index contributed by atoms with van der Waals surface area (Å²) in [5.41, 5.74) is 0.239. The lowest BCUT2D eigenvalue weighted by Crippen LogP contribution is -2.26. The van der Waals surface area contributed by atoms with Crippen LogP contribution < -0.4 is 5.32 Å². The molecule has 0 amide bonds. The first-order valence-corrected chi connectivity index (χ1v) is 3.75. The Hall–Kier alpha value is -0.340. The standard InChI is InChI=1S/C8H15NO/c1-2-5-9-6-8(7-10)3-4-8/h2,9-10H,1,3-7H2. The molecule has 0 aromatic heterocycles. The largest absolute Gasteiger partial charge is 0.396 e. The van der Waals surface area contributed by atoms with E-state index in [1.807, 2.05) is 6.08 Å². The van der Waals surface area contributed by atoms with Crippen LogP contribution in [0.3, 0.4) is 0 Å². The fourth-order valence-corrected chi connectivity index (χ4v) is 1.01. The van der Waals surface area contributed by atoms with E-state index in [2.05, 4.69) is 11.9 Å². The molecule has 1 fully saturated rings. The molecule has 0 aromatic rings. The zero-order chi connectivity index (χ0) is 7.45. The van der Waals surface area contributed by atoms with Gasteiger partial charge in [0.15, 0.2) is 0 Å². The Morgan fingerprint density at radius 3 is 2.70 bits per heavy atom. The fraction of sp³-hybridized carbons (Fsp3) is 0.750. The van der Waals surface area contributed by atoms with E-state index in [1.54, 1.807) is 0 Å². The summed E-state index contributed by atoms with van der Waals surface area (Å²) in [4.78, 5) is 0. The highest BCUT2D eigenvalue weighted by atomic mass is 16.3. The molecule has 2 nitrogen and oxygen atoms in total. The van der Waals surface area contributed by atoms with Crippen LogP contribution in [0.2, 0.25) is 0 Å². The number of aliphatic hydroxyl groups excluding tert-OH is 1. The van der Waals surface area contributed by atoms with Gasteiger partial charge in [-0.05, 0) is 12.8 Å². The lowest BCUT2D eigenvalue weighted by Gasteiger charge is -2.10. The Morgan fingerprint density at radius 2 is 2.30 bits per heavy atom. The van der Waals surface area contributed by atoms with Gasteiger partial charge in [0, 0.05) is 25.1 Å². The van der Waals surface area contributed by atoms with E-state index >= 15 is 0 Å². The van der Waals surface area contributed by atoms with E-state index in [0.29, 0.717) is 6.61 Å². The van der Waals surface area contributed by atoms with Crippen molar-refractivity contribution in [2.24, 2.45) is 5.41 Å². The summed E-state index contributed by atoms with van der Waals surface area (Å²) in [7, 11) is 0. The van der Waals surface area contributed by atoms with Gasteiger partial charge in [0.25, 0.3) is 0 Å². The van der Waals surface area contributed by atoms with E-state index < -0.39 is 0 Å². The lowest BCUT2D eigenvalue weighted by molar-refractivity contribution is 0.209. The lowest BCUT2D eigenvalue weighted by atomic mass is 10.1. The minimum absolute atomic E-state index is 0.239. The summed E-state index contributed by atoms with van der Waals surface area (Å²) < 4.78 is 0. The summed E-state index contributed by atoms with van der Waals surface area (Å²) in [6.07, 6.45) is 4.19. The molecule has 0 aromatic carbocycles. The Kier molecular flexibility index (Phi) is 2.46. The molecule has 1 aliphatic rings. The molecule has 1 aliphatic carbocycles. The predicted molar refractivity (Wildman–Crippen MR) is 41.8 cm³/mol. The van der Waals surface area contributed by atoms with Crippen molar-refractivity contribution in [3.8, 4) is 0 Å². The van der Waals surface area contributed by atoms with Crippen LogP contribution in [0.25, 0.3) is 0 Å². The molecule has 0 unspecified atom stereocenters. The van der Waals surface area contributed by atoms with E-state index in [0.717, 1.165) is 13.1 Å². The molecule has 10 heavy (non-hydrogen) atoms. The number of rotatable bonds is 5. The molecular formula is C8H15NO. The van der Waals surface area contributed by atoms with Gasteiger partial charge in [-0.1, -0.05) is 6.08 Å². The molecule has 0 bridgehead atoms. The van der Waals surface area contributed by atoms with Crippen molar-refractivity contribution in [2.45, 2.75) is 12.8 Å². The summed E-state index contributed by atoms with van der Waals surface area (Å²) in [5, 5.41) is 12.1. The first kappa shape index (κ1) is 7.76. The van der Waals surface area contributed by atoms with Crippen molar-refractivity contribution < 1.29 is 5.11 Å². The average molecular weight is 141 g/mol. The Bertz CT molecular complexity index is 118. The molecular weight excluding hydrogens is 126 g/mol. The van der Waals surface area contributed by atoms with Gasteiger partial charge in [0.1, 0.15) is 0 Å². The van der Waals surface area contributed by atoms with Crippen molar-refractivity contribution in [2.75, 3.05) is 19.7 Å². The van der Waals surface area contributed by atoms with Gasteiger partial charge < -0.3 is 10.4 Å². The normalized spacial score (nSPS) is 20.5. The van der Waals surface area contributed by atoms with E-state index in [4.69, 9.17) is 5.11 Å². The third kappa shape index (κ3) is 1.82. The SMILES string of the molecule is C=CCNCC1(CO)CC1. The summed E-state index contributed by atoms with van der Waals surface area (Å²) in [5.74, 6) is 0. The smallest absolute Gasteiger partial charge is 0.0499 e. The Morgan fingerprint density at radius 1 is 1.60 bits per heavy atom. The molecule has 0 saturated heterocycles. The van der Waals surface area contributed by atoms with Crippen molar-refractivity contribution in [3.63, 3.8) is 0 Å². The maximum atomic E-state index is 8.89. The maximum absolute atomic E-state index is 8.89. The summed E-state index contributed by atoms with van der Waals surface area (Å²) in [6, 6.07) is 0. The second-order valence-electron chi connectivity index (χ2n) is 3.08. The van der Waals surface area contributed by atoms with Gasteiger partial charge in [-0.25, -0.2) is 0 Å². The van der Waals surface area contributed by atoms with E-state index in [-0.39, 0.29) is 5.41 Å². The van der Waals surface area contributed by atoms with Gasteiger partial charge in [0.2, 0.25) is 0 Å². The maximum Gasteiger partial charge on any atom is 0.0499 e. The van der Waals surface area contributed by atoms with Crippen molar-refractivity contribution >= 4 is 0 Å². The molecule has 2 N–H and O–H groups in total. The Balaban J connectivity index is 2.06. The number of hydrogen-bond acceptors (Lipinski definition) is 2. The second-order valence-corrected chi connectivity index (χ2v) is 3.08. The van der Waals surface area contributed by atoms with Crippen LogP contribution in [0.1, 0.15) is 12.8 Å². The molecule has 58 valence electrons. The monoisotopic (exact) mass is 141 g/mol. The predicted octanol–water partition coefficient (Wildman–Crippen LogP) is 0.534. The highest BCUT2D eigenvalue weighted by molar-refractivity contribution is 4.94. The van der Waals surface area contributed by atoms with Crippen molar-refractivity contribution in [1.29, 1.82) is 0 Å². The minimum Gasteiger partial charge on any atom is -0.396 e. The van der Waals surface area contributed by atoms with Crippen LogP contribution in [-0.2, 0) is 0 Å². The van der Waals surface area contributed by atoms with Crippen LogP contribution in [0.5, 0.6) is 0 Å². The molecule has 0 spiro atoms. The fourth-order valence-electron chi connectivity index (χ4n) is 1.01. The van der Waals surface area contributed by atoms with Crippen LogP contribution in [0, 0.1) is 5.41 Å². The first-order valence-electron chi connectivity index (χ1n) is 3.75. The molecule has 0 aliphatic heterocycles. The average Bonchev–Trinajstić information content (AvgIpc) is 2.70. The van der Waals surface area contributed by atoms with E-state index in [1.165, 1.54) is 12.8 Å². The number of aliphatic hydroxyl groups is 1. The molecule has 1 saturated carbocycles. The van der Waals surface area contributed by atoms with Crippen molar-refractivity contribution in [1.82, 2.24) is 5.32 Å². The topological polar surface area (TPSA) is 32.3 Å². The Labute approximate surface area is 61.9 Å². The molecule has 2 heteroatoms. The molecule has 1 rings (SSSR count). The first-order chi connectivity index (χ1) is 4.83. The van der Waals surface area contributed by atoms with Gasteiger partial charge in [-0.2, -0.15) is 0 Å². The highest BCUT2D eigenvalue weighted by Crippen LogP contribution is 2.44. The third-order valence-corrected chi connectivity index (χ3v) is 2.08. The van der Waals surface area contributed by atoms with Gasteiger partial charge in [-0.15, -0.1) is 6.58 Å². The quantitative estimate of drug-likeness (QED) is 0.432. The number of hydrogen-bond donors (Lipinski definition) is 2. The third-order valence-electron chi connectivity index (χ3n) is 2.08. The molecule has 0 atom stereocenters. The van der Waals surface area contributed by atoms with Crippen LogP contribution in [0.15, 0.2) is 12.7 Å². The van der Waals surface area contributed by atoms with Crippen molar-refractivity contribution in [3.05, 3.63) is 12.7 Å². The summed E-state index contributed by atoms with van der Waals surface area (Å²) >= 11 is 0. The second kappa shape index (κ2) is 3.17. The highest BCUT2D eigenvalue weighted by Gasteiger charge is 2.41. The zero-order valence-corrected chi connectivity index (χ0v) is 6.27. The molecule has 0 radical (unpaired) electrons. The van der Waals surface area contributed by atoms with Crippen LogP contribution >= 0.6 is 0 Å². The van der Waals surface area contributed by atoms with E-state index in [9.17, 15) is 0 Å². The molecule has 0 heterocycles. The van der Waals surface area contributed by atoms with Gasteiger partial charge in [0.05, 0.1) is 0 Å². The number of nitrogens with one attached hydrogen (secondary N) is 1. The zero-order valence-electron chi connectivity index (χ0n) is 6.27. The minimum atomic E-state index is 0.239. The van der Waals surface area contributed by atoms with Crippen LogP contribution in [-0.4, -0.2) is 24.8 Å². The van der Waals surface area contributed by atoms with Gasteiger partial charge in [-0.3, -0.25) is 0 Å².